The predicted octanol–water partition coefficient (Wildman–Crippen LogP) is 1.91. The monoisotopic (exact) mass is 281 g/mol. The molecular formula is C12H12FN3O2S. The van der Waals surface area contributed by atoms with E-state index in [1.807, 2.05) is 0 Å². The number of aromatic nitrogens is 1. The molecule has 3 N–H and O–H groups in total. The number of sulfonamides is 1. The molecule has 0 fully saturated rings. The maximum atomic E-state index is 12.9. The number of nitrogens with one attached hydrogen (secondary N) is 1. The van der Waals surface area contributed by atoms with Crippen molar-refractivity contribution in [2.75, 3.05) is 10.5 Å². The predicted molar refractivity (Wildman–Crippen MR) is 70.6 cm³/mol. The Kier molecular flexibility index (Phi) is 3.39. The van der Waals surface area contributed by atoms with Gasteiger partial charge in [0.1, 0.15) is 10.7 Å². The number of pyridine rings is 1. The molecule has 0 saturated carbocycles. The van der Waals surface area contributed by atoms with Crippen LogP contribution in [0.4, 0.5) is 15.8 Å². The number of benzene rings is 1. The molecule has 0 aliphatic heterocycles. The fraction of sp³-hybridized carbons (Fsp3) is 0.0833. The number of nitrogen functional groups attached to an aromatic ring is 1. The van der Waals surface area contributed by atoms with Crippen LogP contribution in [0, 0.1) is 12.7 Å². The number of nitrogens with zero attached hydrogens (tertiary/aromatic N) is 1. The lowest BCUT2D eigenvalue weighted by molar-refractivity contribution is 0.600. The smallest absolute Gasteiger partial charge is 0.264 e. The first kappa shape index (κ1) is 13.3. The van der Waals surface area contributed by atoms with Crippen LogP contribution >= 0.6 is 0 Å². The Hall–Kier alpha value is -2.15. The summed E-state index contributed by atoms with van der Waals surface area (Å²) in [4.78, 5) is 3.67. The Morgan fingerprint density at radius 3 is 2.68 bits per heavy atom. The van der Waals surface area contributed by atoms with Gasteiger partial charge in [0, 0.05) is 6.20 Å². The molecular weight excluding hydrogens is 269 g/mol. The largest absolute Gasteiger partial charge is 0.398 e. The molecule has 2 aromatic rings. The second-order valence-electron chi connectivity index (χ2n) is 3.98. The van der Waals surface area contributed by atoms with Gasteiger partial charge in [0.2, 0.25) is 0 Å². The zero-order valence-electron chi connectivity index (χ0n) is 10.1. The maximum Gasteiger partial charge on any atom is 0.264 e. The average Bonchev–Trinajstić information content (AvgIpc) is 2.31. The molecule has 0 saturated heterocycles. The summed E-state index contributed by atoms with van der Waals surface area (Å²) in [6.07, 6.45) is 2.95. The van der Waals surface area contributed by atoms with Crippen molar-refractivity contribution in [2.24, 2.45) is 0 Å². The fourth-order valence-electron chi connectivity index (χ4n) is 1.53. The number of hydrogen-bond donors (Lipinski definition) is 2. The highest BCUT2D eigenvalue weighted by Crippen LogP contribution is 2.23. The van der Waals surface area contributed by atoms with E-state index in [1.54, 1.807) is 19.2 Å². The summed E-state index contributed by atoms with van der Waals surface area (Å²) in [6, 6.07) is 4.80. The molecule has 100 valence electrons. The molecule has 1 aromatic heterocycles. The SMILES string of the molecule is Cc1ccncc1NS(=O)(=O)c1ccc(F)cc1N. The summed E-state index contributed by atoms with van der Waals surface area (Å²) in [5, 5.41) is 0. The van der Waals surface area contributed by atoms with Gasteiger partial charge in [-0.2, -0.15) is 0 Å². The van der Waals surface area contributed by atoms with Gasteiger partial charge in [0.15, 0.2) is 0 Å². The summed E-state index contributed by atoms with van der Waals surface area (Å²) < 4.78 is 39.6. The minimum atomic E-state index is -3.86. The third-order valence-electron chi connectivity index (χ3n) is 2.54. The first-order chi connectivity index (χ1) is 8.90. The lowest BCUT2D eigenvalue weighted by atomic mass is 10.3. The van der Waals surface area contributed by atoms with Crippen LogP contribution in [0.1, 0.15) is 5.56 Å². The van der Waals surface area contributed by atoms with Gasteiger partial charge in [-0.05, 0) is 36.8 Å². The Morgan fingerprint density at radius 1 is 1.32 bits per heavy atom. The number of nitrogens with two attached hydrogens (primary N) is 1. The standard InChI is InChI=1S/C12H12FN3O2S/c1-8-4-5-15-7-11(8)16-19(17,18)12-3-2-9(13)6-10(12)14/h2-7,16H,14H2,1H3. The van der Waals surface area contributed by atoms with Gasteiger partial charge in [0.25, 0.3) is 10.0 Å². The molecule has 0 amide bonds. The number of anilines is 2. The molecule has 0 bridgehead atoms. The van der Waals surface area contributed by atoms with Crippen LogP contribution in [-0.4, -0.2) is 13.4 Å². The first-order valence-electron chi connectivity index (χ1n) is 5.38. The van der Waals surface area contributed by atoms with Crippen molar-refractivity contribution < 1.29 is 12.8 Å². The Morgan fingerprint density at radius 2 is 2.05 bits per heavy atom. The van der Waals surface area contributed by atoms with Gasteiger partial charge < -0.3 is 5.73 Å². The normalized spacial score (nSPS) is 11.3. The van der Waals surface area contributed by atoms with Crippen molar-refractivity contribution in [3.63, 3.8) is 0 Å². The van der Waals surface area contributed by atoms with Crippen LogP contribution in [0.25, 0.3) is 0 Å². The average molecular weight is 281 g/mol. The van der Waals surface area contributed by atoms with Crippen molar-refractivity contribution in [3.05, 3.63) is 48.0 Å². The molecule has 19 heavy (non-hydrogen) atoms. The second-order valence-corrected chi connectivity index (χ2v) is 5.63. The quantitative estimate of drug-likeness (QED) is 0.842. The van der Waals surface area contributed by atoms with Crippen LogP contribution in [0.5, 0.6) is 0 Å². The Balaban J connectivity index is 2.41. The van der Waals surface area contributed by atoms with Crippen LogP contribution in [-0.2, 0) is 10.0 Å². The van der Waals surface area contributed by atoms with Gasteiger partial charge in [-0.25, -0.2) is 12.8 Å². The van der Waals surface area contributed by atoms with Crippen LogP contribution in [0.3, 0.4) is 0 Å². The molecule has 0 aliphatic carbocycles. The molecule has 0 spiro atoms. The minimum Gasteiger partial charge on any atom is -0.398 e. The van der Waals surface area contributed by atoms with Gasteiger partial charge in [-0.3, -0.25) is 9.71 Å². The summed E-state index contributed by atoms with van der Waals surface area (Å²) >= 11 is 0. The molecule has 1 heterocycles. The topological polar surface area (TPSA) is 85.1 Å². The van der Waals surface area contributed by atoms with Gasteiger partial charge in [-0.1, -0.05) is 0 Å². The van der Waals surface area contributed by atoms with Crippen LogP contribution in [0.15, 0.2) is 41.6 Å². The lowest BCUT2D eigenvalue weighted by Gasteiger charge is -2.11. The van der Waals surface area contributed by atoms with E-state index in [0.717, 1.165) is 23.8 Å². The third-order valence-corrected chi connectivity index (χ3v) is 3.98. The highest BCUT2D eigenvalue weighted by atomic mass is 32.2. The molecule has 0 aliphatic rings. The molecule has 5 nitrogen and oxygen atoms in total. The summed E-state index contributed by atoms with van der Waals surface area (Å²) in [5.74, 6) is -0.589. The van der Waals surface area contributed by atoms with Crippen molar-refractivity contribution in [2.45, 2.75) is 11.8 Å². The molecule has 0 radical (unpaired) electrons. The van der Waals surface area contributed by atoms with E-state index in [1.165, 1.54) is 6.20 Å². The molecule has 1 aromatic carbocycles. The molecule has 0 atom stereocenters. The number of aryl methyl sites for hydroxylation is 1. The number of rotatable bonds is 3. The van der Waals surface area contributed by atoms with E-state index in [-0.39, 0.29) is 10.6 Å². The molecule has 7 heteroatoms. The lowest BCUT2D eigenvalue weighted by Crippen LogP contribution is -2.15. The Bertz CT molecular complexity index is 717. The fourth-order valence-corrected chi connectivity index (χ4v) is 2.76. The highest BCUT2D eigenvalue weighted by Gasteiger charge is 2.18. The van der Waals surface area contributed by atoms with E-state index in [0.29, 0.717) is 5.69 Å². The van der Waals surface area contributed by atoms with Gasteiger partial charge in [-0.15, -0.1) is 0 Å². The summed E-state index contributed by atoms with van der Waals surface area (Å²) in [5.41, 5.74) is 6.45. The second kappa shape index (κ2) is 4.85. The van der Waals surface area contributed by atoms with Crippen molar-refractivity contribution in [1.82, 2.24) is 4.98 Å². The van der Waals surface area contributed by atoms with Crippen LogP contribution < -0.4 is 10.5 Å². The van der Waals surface area contributed by atoms with Crippen LogP contribution in [0.2, 0.25) is 0 Å². The Labute approximate surface area is 110 Å². The summed E-state index contributed by atoms with van der Waals surface area (Å²) in [7, 11) is -3.86. The van der Waals surface area contributed by atoms with E-state index in [9.17, 15) is 12.8 Å². The van der Waals surface area contributed by atoms with Gasteiger partial charge in [0.05, 0.1) is 17.6 Å². The third kappa shape index (κ3) is 2.82. The van der Waals surface area contributed by atoms with E-state index in [2.05, 4.69) is 9.71 Å². The minimum absolute atomic E-state index is 0.144. The van der Waals surface area contributed by atoms with Crippen molar-refractivity contribution in [3.8, 4) is 0 Å². The van der Waals surface area contributed by atoms with E-state index in [4.69, 9.17) is 5.73 Å². The highest BCUT2D eigenvalue weighted by molar-refractivity contribution is 7.92. The van der Waals surface area contributed by atoms with E-state index >= 15 is 0 Å². The van der Waals surface area contributed by atoms with Gasteiger partial charge >= 0.3 is 0 Å². The first-order valence-corrected chi connectivity index (χ1v) is 6.87. The van der Waals surface area contributed by atoms with Crippen molar-refractivity contribution >= 4 is 21.4 Å². The zero-order chi connectivity index (χ0) is 14.0. The zero-order valence-corrected chi connectivity index (χ0v) is 10.9. The molecule has 0 unspecified atom stereocenters. The maximum absolute atomic E-state index is 12.9. The summed E-state index contributed by atoms with van der Waals surface area (Å²) in [6.45, 7) is 1.74. The number of hydrogen-bond acceptors (Lipinski definition) is 4. The van der Waals surface area contributed by atoms with Crippen molar-refractivity contribution in [1.29, 1.82) is 0 Å². The number of halogens is 1. The van der Waals surface area contributed by atoms with E-state index < -0.39 is 15.8 Å². The molecule has 2 rings (SSSR count).